The van der Waals surface area contributed by atoms with Gasteiger partial charge in [0.2, 0.25) is 0 Å². The van der Waals surface area contributed by atoms with Gasteiger partial charge in [0.1, 0.15) is 5.75 Å². The van der Waals surface area contributed by atoms with Crippen LogP contribution in [0.5, 0.6) is 5.75 Å². The first-order valence-corrected chi connectivity index (χ1v) is 10.3. The minimum Gasteiger partial charge on any atom is -0.470 e. The summed E-state index contributed by atoms with van der Waals surface area (Å²) in [6.07, 6.45) is 2.20. The fourth-order valence-corrected chi connectivity index (χ4v) is 3.70. The molecule has 1 heterocycles. The number of benzene rings is 2. The van der Waals surface area contributed by atoms with Gasteiger partial charge in [0.05, 0.1) is 4.90 Å². The molecule has 1 unspecified atom stereocenters. The van der Waals surface area contributed by atoms with Crippen molar-refractivity contribution < 1.29 is 23.1 Å². The molecule has 0 saturated carbocycles. The first kappa shape index (κ1) is 18.3. The van der Waals surface area contributed by atoms with Crippen LogP contribution < -0.4 is 4.74 Å². The number of hydrogen-bond donors (Lipinski definition) is 1. The van der Waals surface area contributed by atoms with Gasteiger partial charge in [-0.15, -0.1) is 0 Å². The minimum absolute atomic E-state index is 0.273. The number of carboxylic acid groups (broad SMARTS) is 1. The molecule has 1 fully saturated rings. The molecule has 1 atom stereocenters. The highest BCUT2D eigenvalue weighted by Crippen LogP contribution is 2.27. The molecule has 138 valence electrons. The van der Waals surface area contributed by atoms with E-state index in [0.29, 0.717) is 18.7 Å². The Morgan fingerprint density at radius 2 is 1.85 bits per heavy atom. The first-order chi connectivity index (χ1) is 12.3. The van der Waals surface area contributed by atoms with Crippen molar-refractivity contribution in [2.75, 3.05) is 12.8 Å². The van der Waals surface area contributed by atoms with E-state index in [1.54, 1.807) is 30.3 Å². The molecule has 3 rings (SSSR count). The number of piperidine rings is 1. The zero-order valence-electron chi connectivity index (χ0n) is 14.5. The van der Waals surface area contributed by atoms with Crippen molar-refractivity contribution in [3.05, 3.63) is 48.5 Å². The van der Waals surface area contributed by atoms with Crippen LogP contribution in [-0.2, 0) is 9.84 Å². The summed E-state index contributed by atoms with van der Waals surface area (Å²) in [4.78, 5) is 12.9. The number of amides is 1. The number of likely N-dealkylation sites (tertiary alicyclic amines) is 1. The summed E-state index contributed by atoms with van der Waals surface area (Å²) < 4.78 is 29.3. The predicted octanol–water partition coefficient (Wildman–Crippen LogP) is 3.63. The summed E-state index contributed by atoms with van der Waals surface area (Å²) in [5.74, 6) is 0.589. The van der Waals surface area contributed by atoms with Gasteiger partial charge >= 0.3 is 6.09 Å². The van der Waals surface area contributed by atoms with E-state index in [-0.39, 0.29) is 4.90 Å². The summed E-state index contributed by atoms with van der Waals surface area (Å²) in [7, 11) is -3.26. The third-order valence-corrected chi connectivity index (χ3v) is 5.53. The van der Waals surface area contributed by atoms with Crippen molar-refractivity contribution in [1.82, 2.24) is 4.90 Å². The first-order valence-electron chi connectivity index (χ1n) is 8.41. The summed E-state index contributed by atoms with van der Waals surface area (Å²) in [6, 6.07) is 14.0. The Balaban J connectivity index is 1.78. The van der Waals surface area contributed by atoms with Gasteiger partial charge in [-0.2, -0.15) is 0 Å². The fraction of sp³-hybridized carbons (Fsp3) is 0.316. The van der Waals surface area contributed by atoms with Crippen LogP contribution in [0.4, 0.5) is 4.79 Å². The average molecular weight is 375 g/mol. The highest BCUT2D eigenvalue weighted by atomic mass is 32.2. The molecular formula is C19H21NO5S. The molecule has 6 nitrogen and oxygen atoms in total. The molecular weight excluding hydrogens is 354 g/mol. The monoisotopic (exact) mass is 375 g/mol. The molecule has 1 N–H and O–H groups in total. The van der Waals surface area contributed by atoms with Crippen LogP contribution >= 0.6 is 0 Å². The van der Waals surface area contributed by atoms with E-state index in [0.717, 1.165) is 24.0 Å². The normalized spacial score (nSPS) is 17.7. The summed E-state index contributed by atoms with van der Waals surface area (Å²) >= 11 is 0. The second kappa shape index (κ2) is 7.37. The SMILES string of the molecule is CS(=O)(=O)c1cccc(-c2ccc(OC3CCCCN3C(=O)O)cc2)c1. The van der Waals surface area contributed by atoms with E-state index >= 15 is 0 Å². The second-order valence-corrected chi connectivity index (χ2v) is 8.38. The van der Waals surface area contributed by atoms with E-state index in [2.05, 4.69) is 0 Å². The van der Waals surface area contributed by atoms with Crippen LogP contribution in [0.2, 0.25) is 0 Å². The largest absolute Gasteiger partial charge is 0.470 e. The van der Waals surface area contributed by atoms with E-state index < -0.39 is 22.2 Å². The number of nitrogens with zero attached hydrogens (tertiary/aromatic N) is 1. The van der Waals surface area contributed by atoms with E-state index in [1.165, 1.54) is 11.2 Å². The molecule has 0 spiro atoms. The Morgan fingerprint density at radius 1 is 1.12 bits per heavy atom. The number of ether oxygens (including phenoxy) is 1. The van der Waals surface area contributed by atoms with Gasteiger partial charge in [-0.3, -0.25) is 4.90 Å². The van der Waals surface area contributed by atoms with Crippen molar-refractivity contribution in [1.29, 1.82) is 0 Å². The Labute approximate surface area is 152 Å². The lowest BCUT2D eigenvalue weighted by atomic mass is 10.1. The lowest BCUT2D eigenvalue weighted by Crippen LogP contribution is -2.46. The standard InChI is InChI=1S/C19H21NO5S/c1-26(23,24)17-6-4-5-15(13-17)14-8-10-16(11-9-14)25-18-7-2-3-12-20(18)19(21)22/h4-6,8-11,13,18H,2-3,7,12H2,1H3,(H,21,22). The maximum atomic E-state index is 11.7. The third kappa shape index (κ3) is 4.16. The van der Waals surface area contributed by atoms with Crippen LogP contribution in [0.1, 0.15) is 19.3 Å². The average Bonchev–Trinajstić information content (AvgIpc) is 2.62. The maximum absolute atomic E-state index is 11.7. The van der Waals surface area contributed by atoms with Crippen molar-refractivity contribution in [3.63, 3.8) is 0 Å². The molecule has 1 amide bonds. The highest BCUT2D eigenvalue weighted by molar-refractivity contribution is 7.90. The molecule has 7 heteroatoms. The lowest BCUT2D eigenvalue weighted by Gasteiger charge is -2.33. The van der Waals surface area contributed by atoms with Gasteiger partial charge in [0, 0.05) is 19.2 Å². The predicted molar refractivity (Wildman–Crippen MR) is 98.0 cm³/mol. The quantitative estimate of drug-likeness (QED) is 0.882. The summed E-state index contributed by atoms with van der Waals surface area (Å²) in [5.41, 5.74) is 1.66. The molecule has 0 aliphatic carbocycles. The Hall–Kier alpha value is -2.54. The van der Waals surface area contributed by atoms with Crippen LogP contribution in [0.3, 0.4) is 0 Å². The minimum atomic E-state index is -3.26. The maximum Gasteiger partial charge on any atom is 0.410 e. The molecule has 0 radical (unpaired) electrons. The van der Waals surface area contributed by atoms with E-state index in [4.69, 9.17) is 4.74 Å². The lowest BCUT2D eigenvalue weighted by molar-refractivity contribution is 0.00600. The molecule has 2 aromatic rings. The van der Waals surface area contributed by atoms with E-state index in [9.17, 15) is 18.3 Å². The molecule has 1 aliphatic heterocycles. The van der Waals surface area contributed by atoms with Gasteiger partial charge in [-0.25, -0.2) is 13.2 Å². The van der Waals surface area contributed by atoms with Crippen molar-refractivity contribution in [2.24, 2.45) is 0 Å². The molecule has 26 heavy (non-hydrogen) atoms. The third-order valence-electron chi connectivity index (χ3n) is 4.42. The number of hydrogen-bond acceptors (Lipinski definition) is 4. The van der Waals surface area contributed by atoms with Crippen molar-refractivity contribution in [2.45, 2.75) is 30.4 Å². The Morgan fingerprint density at radius 3 is 2.50 bits per heavy atom. The molecule has 0 bridgehead atoms. The second-order valence-electron chi connectivity index (χ2n) is 6.37. The van der Waals surface area contributed by atoms with Crippen LogP contribution in [0, 0.1) is 0 Å². The summed E-state index contributed by atoms with van der Waals surface area (Å²) in [6.45, 7) is 0.483. The van der Waals surface area contributed by atoms with Crippen LogP contribution in [0.25, 0.3) is 11.1 Å². The zero-order chi connectivity index (χ0) is 18.7. The van der Waals surface area contributed by atoms with Crippen LogP contribution in [0.15, 0.2) is 53.4 Å². The van der Waals surface area contributed by atoms with Crippen molar-refractivity contribution in [3.8, 4) is 16.9 Å². The van der Waals surface area contributed by atoms with Gasteiger partial charge in [0.15, 0.2) is 16.1 Å². The Bertz CT molecular complexity index is 892. The van der Waals surface area contributed by atoms with Crippen LogP contribution in [-0.4, -0.2) is 43.5 Å². The number of sulfone groups is 1. The summed E-state index contributed by atoms with van der Waals surface area (Å²) in [5, 5.41) is 9.27. The smallest absolute Gasteiger partial charge is 0.410 e. The van der Waals surface area contributed by atoms with Gasteiger partial charge < -0.3 is 9.84 Å². The van der Waals surface area contributed by atoms with Gasteiger partial charge in [-0.05, 0) is 48.2 Å². The molecule has 0 aromatic heterocycles. The fourth-order valence-electron chi connectivity index (χ4n) is 3.03. The number of carbonyl (C=O) groups is 1. The van der Waals surface area contributed by atoms with Gasteiger partial charge in [0.25, 0.3) is 0 Å². The highest BCUT2D eigenvalue weighted by Gasteiger charge is 2.27. The number of rotatable bonds is 4. The molecule has 2 aromatic carbocycles. The van der Waals surface area contributed by atoms with E-state index in [1.807, 2.05) is 18.2 Å². The zero-order valence-corrected chi connectivity index (χ0v) is 15.3. The topological polar surface area (TPSA) is 83.9 Å². The molecule has 1 saturated heterocycles. The Kier molecular flexibility index (Phi) is 5.18. The molecule has 1 aliphatic rings. The van der Waals surface area contributed by atoms with Crippen molar-refractivity contribution >= 4 is 15.9 Å². The van der Waals surface area contributed by atoms with Gasteiger partial charge in [-0.1, -0.05) is 24.3 Å².